The van der Waals surface area contributed by atoms with Crippen molar-refractivity contribution in [1.82, 2.24) is 5.32 Å². The number of phosphoric ester groups is 1. The van der Waals surface area contributed by atoms with Crippen molar-refractivity contribution in [2.24, 2.45) is 0 Å². The van der Waals surface area contributed by atoms with E-state index in [1.165, 1.54) is 128 Å². The van der Waals surface area contributed by atoms with E-state index in [1.54, 1.807) is 0 Å². The van der Waals surface area contributed by atoms with Crippen molar-refractivity contribution < 1.29 is 37.3 Å². The number of carbonyl (C=O) groups excluding carboxylic acids is 2. The number of esters is 1. The summed E-state index contributed by atoms with van der Waals surface area (Å²) in [5, 5.41) is 3.01. The first kappa shape index (κ1) is 69.5. The molecule has 3 unspecified atom stereocenters. The molecule has 0 aliphatic rings. The standard InChI is InChI=1S/C62H113N2O7P/c1-7-10-13-16-19-22-25-27-29-30-31-32-33-34-35-37-40-43-46-49-52-55-62(66)71-60(53-50-47-44-41-38-24-21-18-15-12-9-3)59(58-70-72(67,68)69-57-56-64(4,5)6)63-61(65)54-51-48-45-42-39-36-28-26-23-20-17-14-11-8-2/h11,14,19-20,22-23,27-29,36,50,53,59-60H,7-10,12-13,15-18,21,24-26,30-35,37-49,51-52,54-58H2,1-6H3,(H-,63,65,67,68)/b14-11+,22-19-,23-20+,29-27-,36-28+,53-50-. The highest BCUT2D eigenvalue weighted by Gasteiger charge is 2.27. The zero-order chi connectivity index (χ0) is 52.9. The topological polar surface area (TPSA) is 114 Å². The molecule has 0 bridgehead atoms. The summed E-state index contributed by atoms with van der Waals surface area (Å²) in [6.45, 7) is 6.68. The van der Waals surface area contributed by atoms with Crippen LogP contribution in [-0.2, 0) is 27.9 Å². The Morgan fingerprint density at radius 1 is 0.500 bits per heavy atom. The Morgan fingerprint density at radius 2 is 0.889 bits per heavy atom. The lowest BCUT2D eigenvalue weighted by molar-refractivity contribution is -0.870. The van der Waals surface area contributed by atoms with Crippen molar-refractivity contribution in [2.75, 3.05) is 40.9 Å². The summed E-state index contributed by atoms with van der Waals surface area (Å²) in [4.78, 5) is 39.9. The van der Waals surface area contributed by atoms with Crippen LogP contribution < -0.4 is 10.2 Å². The molecule has 0 aromatic rings. The summed E-state index contributed by atoms with van der Waals surface area (Å²) < 4.78 is 30.2. The van der Waals surface area contributed by atoms with Crippen molar-refractivity contribution in [3.63, 3.8) is 0 Å². The van der Waals surface area contributed by atoms with Gasteiger partial charge in [0, 0.05) is 12.8 Å². The fraction of sp³-hybridized carbons (Fsp3) is 0.774. The van der Waals surface area contributed by atoms with Crippen LogP contribution in [0.15, 0.2) is 72.9 Å². The number of unbranched alkanes of at least 4 members (excludes halogenated alkanes) is 27. The highest BCUT2D eigenvalue weighted by Crippen LogP contribution is 2.38. The summed E-state index contributed by atoms with van der Waals surface area (Å²) >= 11 is 0. The maximum Gasteiger partial charge on any atom is 0.306 e. The van der Waals surface area contributed by atoms with Crippen LogP contribution in [0.1, 0.15) is 258 Å². The van der Waals surface area contributed by atoms with Crippen LogP contribution >= 0.6 is 7.82 Å². The third kappa shape index (κ3) is 52.3. The summed E-state index contributed by atoms with van der Waals surface area (Å²) in [6.07, 6.45) is 65.8. The normalized spacial score (nSPS) is 14.3. The van der Waals surface area contributed by atoms with Crippen LogP contribution in [0.5, 0.6) is 0 Å². The number of rotatable bonds is 53. The van der Waals surface area contributed by atoms with Gasteiger partial charge in [0.15, 0.2) is 0 Å². The molecule has 0 radical (unpaired) electrons. The van der Waals surface area contributed by atoms with Crippen LogP contribution in [0, 0.1) is 0 Å². The summed E-state index contributed by atoms with van der Waals surface area (Å²) in [5.41, 5.74) is 0. The zero-order valence-corrected chi connectivity index (χ0v) is 48.5. The molecule has 9 nitrogen and oxygen atoms in total. The molecule has 0 aliphatic heterocycles. The number of likely N-dealkylation sites (N-methyl/N-ethyl adjacent to an activating group) is 1. The number of hydrogen-bond donors (Lipinski definition) is 1. The van der Waals surface area contributed by atoms with E-state index in [-0.39, 0.29) is 31.3 Å². The molecular weight excluding hydrogens is 916 g/mol. The van der Waals surface area contributed by atoms with Crippen molar-refractivity contribution in [3.8, 4) is 0 Å². The molecule has 10 heteroatoms. The van der Waals surface area contributed by atoms with Crippen LogP contribution in [0.3, 0.4) is 0 Å². The first-order valence-electron chi connectivity index (χ1n) is 29.7. The smallest absolute Gasteiger partial charge is 0.306 e. The van der Waals surface area contributed by atoms with E-state index in [4.69, 9.17) is 13.8 Å². The molecule has 0 rings (SSSR count). The minimum atomic E-state index is -4.70. The van der Waals surface area contributed by atoms with Crippen molar-refractivity contribution in [3.05, 3.63) is 72.9 Å². The molecule has 0 spiro atoms. The van der Waals surface area contributed by atoms with Crippen LogP contribution in [0.25, 0.3) is 0 Å². The van der Waals surface area contributed by atoms with Gasteiger partial charge in [-0.1, -0.05) is 222 Å². The molecule has 72 heavy (non-hydrogen) atoms. The third-order valence-corrected chi connectivity index (χ3v) is 13.8. The Balaban J connectivity index is 5.24. The second-order valence-corrected chi connectivity index (χ2v) is 22.5. The molecule has 0 aromatic carbocycles. The molecule has 0 fully saturated rings. The van der Waals surface area contributed by atoms with Gasteiger partial charge in [0.1, 0.15) is 19.3 Å². The Morgan fingerprint density at radius 3 is 1.36 bits per heavy atom. The largest absolute Gasteiger partial charge is 0.756 e. The highest BCUT2D eigenvalue weighted by atomic mass is 31.2. The van der Waals surface area contributed by atoms with E-state index in [2.05, 4.69) is 86.8 Å². The minimum absolute atomic E-state index is 0.0294. The van der Waals surface area contributed by atoms with Gasteiger partial charge in [-0.05, 0) is 96.0 Å². The average molecular weight is 1030 g/mol. The second-order valence-electron chi connectivity index (χ2n) is 21.1. The van der Waals surface area contributed by atoms with Crippen LogP contribution in [0.4, 0.5) is 0 Å². The number of carbonyl (C=O) groups is 2. The van der Waals surface area contributed by atoms with Gasteiger partial charge in [0.25, 0.3) is 7.82 Å². The number of quaternary nitrogens is 1. The maximum absolute atomic E-state index is 13.5. The fourth-order valence-electron chi connectivity index (χ4n) is 8.27. The number of nitrogens with one attached hydrogen (secondary N) is 1. The number of ether oxygens (including phenoxy) is 1. The quantitative estimate of drug-likeness (QED) is 0.0212. The summed E-state index contributed by atoms with van der Waals surface area (Å²) in [5.74, 6) is -0.570. The predicted molar refractivity (Wildman–Crippen MR) is 307 cm³/mol. The predicted octanol–water partition coefficient (Wildman–Crippen LogP) is 17.4. The summed E-state index contributed by atoms with van der Waals surface area (Å²) in [7, 11) is 1.16. The molecule has 3 atom stereocenters. The molecule has 1 amide bonds. The molecule has 0 aliphatic carbocycles. The van der Waals surface area contributed by atoms with Gasteiger partial charge in [0.2, 0.25) is 5.91 Å². The van der Waals surface area contributed by atoms with Crippen LogP contribution in [-0.4, -0.2) is 69.4 Å². The van der Waals surface area contributed by atoms with Crippen molar-refractivity contribution in [2.45, 2.75) is 270 Å². The molecule has 0 heterocycles. The Hall–Kier alpha value is -2.55. The molecule has 0 aromatic heterocycles. The van der Waals surface area contributed by atoms with E-state index in [0.29, 0.717) is 17.4 Å². The van der Waals surface area contributed by atoms with Gasteiger partial charge >= 0.3 is 5.97 Å². The van der Waals surface area contributed by atoms with Gasteiger partial charge in [-0.15, -0.1) is 0 Å². The first-order chi connectivity index (χ1) is 34.9. The van der Waals surface area contributed by atoms with E-state index in [1.807, 2.05) is 33.3 Å². The van der Waals surface area contributed by atoms with E-state index >= 15 is 0 Å². The number of phosphoric acid groups is 1. The first-order valence-corrected chi connectivity index (χ1v) is 31.2. The SMILES string of the molecule is CC/C=C/C/C=C/C/C=C/CCCCCCC(=O)NC(COP(=O)([O-])OCC[N+](C)(C)C)C(/C=C\CCCCCCCCCCC)OC(=O)CCCCCCCCCCCCC/C=C\C/C=C\CCCCC. The molecule has 0 saturated carbocycles. The van der Waals surface area contributed by atoms with Crippen LogP contribution in [0.2, 0.25) is 0 Å². The Labute approximate surface area is 444 Å². The monoisotopic (exact) mass is 1030 g/mol. The van der Waals surface area contributed by atoms with E-state index in [0.717, 1.165) is 89.9 Å². The van der Waals surface area contributed by atoms with Crippen molar-refractivity contribution in [1.29, 1.82) is 0 Å². The minimum Gasteiger partial charge on any atom is -0.756 e. The summed E-state index contributed by atoms with van der Waals surface area (Å²) in [6, 6.07) is -0.902. The Kier molecular flexibility index (Phi) is 50.1. The van der Waals surface area contributed by atoms with Gasteiger partial charge < -0.3 is 28.5 Å². The molecular formula is C62H113N2O7P. The lowest BCUT2D eigenvalue weighted by Crippen LogP contribution is -2.47. The highest BCUT2D eigenvalue weighted by molar-refractivity contribution is 7.45. The molecule has 0 saturated heterocycles. The van der Waals surface area contributed by atoms with E-state index < -0.39 is 26.6 Å². The Bertz CT molecular complexity index is 1460. The maximum atomic E-state index is 13.5. The average Bonchev–Trinajstić information content (AvgIpc) is 3.34. The fourth-order valence-corrected chi connectivity index (χ4v) is 8.99. The van der Waals surface area contributed by atoms with Crippen molar-refractivity contribution >= 4 is 19.7 Å². The number of amides is 1. The van der Waals surface area contributed by atoms with Gasteiger partial charge in [-0.25, -0.2) is 0 Å². The van der Waals surface area contributed by atoms with Gasteiger partial charge in [-0.3, -0.25) is 14.2 Å². The number of allylic oxidation sites excluding steroid dienone is 11. The number of hydrogen-bond acceptors (Lipinski definition) is 7. The lowest BCUT2D eigenvalue weighted by atomic mass is 10.0. The third-order valence-electron chi connectivity index (χ3n) is 12.9. The lowest BCUT2D eigenvalue weighted by Gasteiger charge is -2.30. The molecule has 1 N–H and O–H groups in total. The second kappa shape index (κ2) is 51.9. The number of nitrogens with zero attached hydrogens (tertiary/aromatic N) is 1. The van der Waals surface area contributed by atoms with E-state index in [9.17, 15) is 19.0 Å². The van der Waals surface area contributed by atoms with Gasteiger partial charge in [-0.2, -0.15) is 0 Å². The molecule has 418 valence electrons. The zero-order valence-electron chi connectivity index (χ0n) is 47.6. The van der Waals surface area contributed by atoms with Gasteiger partial charge in [0.05, 0.1) is 33.8 Å².